The van der Waals surface area contributed by atoms with Crippen molar-refractivity contribution in [3.05, 3.63) is 65.2 Å². The minimum absolute atomic E-state index is 0. The van der Waals surface area contributed by atoms with E-state index in [4.69, 9.17) is 9.47 Å². The Labute approximate surface area is 183 Å². The number of ether oxygens (including phenoxy) is 2. The molecule has 7 heteroatoms. The number of carbonyl (C=O) groups is 2. The van der Waals surface area contributed by atoms with Crippen LogP contribution in [0.2, 0.25) is 0 Å². The number of aromatic hydroxyl groups is 1. The van der Waals surface area contributed by atoms with Crippen molar-refractivity contribution in [1.82, 2.24) is 4.90 Å². The molecule has 0 aromatic heterocycles. The highest BCUT2D eigenvalue weighted by Gasteiger charge is 2.44. The highest BCUT2D eigenvalue weighted by Crippen LogP contribution is 2.37. The molecule has 1 aliphatic heterocycles. The van der Waals surface area contributed by atoms with E-state index in [9.17, 15) is 14.7 Å². The fraction of sp³-hybridized carbons (Fsp3) is 0.391. The largest absolute Gasteiger partial charge is 0.507 e. The number of esters is 2. The molecule has 2 aromatic carbocycles. The van der Waals surface area contributed by atoms with Crippen LogP contribution in [-0.2, 0) is 26.2 Å². The number of halogens is 1. The molecular formula is C23H28ClNO5. The number of piperidine rings is 1. The number of rotatable bonds is 6. The van der Waals surface area contributed by atoms with E-state index >= 15 is 0 Å². The molecule has 1 heterocycles. The van der Waals surface area contributed by atoms with Gasteiger partial charge in [-0.25, -0.2) is 4.79 Å². The maximum absolute atomic E-state index is 12.9. The van der Waals surface area contributed by atoms with Gasteiger partial charge in [-0.3, -0.25) is 9.69 Å². The predicted molar refractivity (Wildman–Crippen MR) is 116 cm³/mol. The molecule has 0 spiro atoms. The summed E-state index contributed by atoms with van der Waals surface area (Å²) in [5, 5.41) is 9.88. The Morgan fingerprint density at radius 1 is 1.10 bits per heavy atom. The van der Waals surface area contributed by atoms with Crippen molar-refractivity contribution in [1.29, 1.82) is 0 Å². The second-order valence-corrected chi connectivity index (χ2v) is 7.29. The first-order valence-corrected chi connectivity index (χ1v) is 9.85. The number of nitrogens with zero attached hydrogens (tertiary/aromatic N) is 1. The van der Waals surface area contributed by atoms with Crippen LogP contribution in [0.3, 0.4) is 0 Å². The molecule has 0 amide bonds. The fourth-order valence-electron chi connectivity index (χ4n) is 3.94. The third-order valence-corrected chi connectivity index (χ3v) is 5.57. The Morgan fingerprint density at radius 2 is 1.77 bits per heavy atom. The second-order valence-electron chi connectivity index (χ2n) is 7.29. The van der Waals surface area contributed by atoms with E-state index in [1.807, 2.05) is 37.3 Å². The van der Waals surface area contributed by atoms with Crippen LogP contribution in [0, 0.1) is 0 Å². The quantitative estimate of drug-likeness (QED) is 0.700. The minimum Gasteiger partial charge on any atom is -0.507 e. The average molecular weight is 434 g/mol. The molecule has 0 radical (unpaired) electrons. The highest BCUT2D eigenvalue weighted by molar-refractivity contribution is 5.92. The highest BCUT2D eigenvalue weighted by atomic mass is 35.5. The van der Waals surface area contributed by atoms with E-state index in [1.54, 1.807) is 12.1 Å². The Hall–Kier alpha value is -2.57. The van der Waals surface area contributed by atoms with Crippen molar-refractivity contribution >= 4 is 24.3 Å². The summed E-state index contributed by atoms with van der Waals surface area (Å²) in [4.78, 5) is 26.9. The Balaban J connectivity index is 0.00000320. The smallest absolute Gasteiger partial charge is 0.341 e. The van der Waals surface area contributed by atoms with Crippen molar-refractivity contribution in [2.75, 3.05) is 26.8 Å². The maximum atomic E-state index is 12.9. The number of methoxy groups -OCH3 is 1. The summed E-state index contributed by atoms with van der Waals surface area (Å²) in [7, 11) is 1.29. The summed E-state index contributed by atoms with van der Waals surface area (Å²) in [6, 6.07) is 14.8. The molecule has 0 saturated carbocycles. The van der Waals surface area contributed by atoms with Crippen molar-refractivity contribution in [3.8, 4) is 5.75 Å². The van der Waals surface area contributed by atoms with Crippen LogP contribution in [0.15, 0.2) is 48.5 Å². The number of benzene rings is 2. The van der Waals surface area contributed by atoms with Gasteiger partial charge >= 0.3 is 11.9 Å². The van der Waals surface area contributed by atoms with Gasteiger partial charge in [0.15, 0.2) is 0 Å². The van der Waals surface area contributed by atoms with Crippen LogP contribution < -0.4 is 0 Å². The number of likely N-dealkylation sites (tertiary alicyclic amines) is 1. The van der Waals surface area contributed by atoms with Crippen LogP contribution in [-0.4, -0.2) is 48.8 Å². The SMILES string of the molecule is CCOC(=O)C1(c2ccccc2)CCN(Cc2ccc(O)c(C(=O)OC)c2)CC1.Cl. The molecular weight excluding hydrogens is 406 g/mol. The summed E-state index contributed by atoms with van der Waals surface area (Å²) in [5.74, 6) is -0.818. The Kier molecular flexibility index (Phi) is 8.26. The van der Waals surface area contributed by atoms with Crippen molar-refractivity contribution in [2.45, 2.75) is 31.7 Å². The molecule has 3 rings (SSSR count). The number of phenolic OH excluding ortho intramolecular Hbond substituents is 1. The Morgan fingerprint density at radius 3 is 2.37 bits per heavy atom. The van der Waals surface area contributed by atoms with E-state index in [0.29, 0.717) is 26.0 Å². The molecule has 0 bridgehead atoms. The van der Waals surface area contributed by atoms with Gasteiger partial charge in [0.25, 0.3) is 0 Å². The average Bonchev–Trinajstić information content (AvgIpc) is 2.76. The zero-order chi connectivity index (χ0) is 20.9. The normalized spacial score (nSPS) is 15.7. The molecule has 0 aliphatic carbocycles. The molecule has 6 nitrogen and oxygen atoms in total. The molecule has 2 aromatic rings. The van der Waals surface area contributed by atoms with Gasteiger partial charge in [-0.15, -0.1) is 12.4 Å². The third-order valence-electron chi connectivity index (χ3n) is 5.57. The van der Waals surface area contributed by atoms with E-state index in [-0.39, 0.29) is 29.7 Å². The van der Waals surface area contributed by atoms with Gasteiger partial charge in [0.2, 0.25) is 0 Å². The molecule has 1 N–H and O–H groups in total. The lowest BCUT2D eigenvalue weighted by Gasteiger charge is -2.40. The van der Waals surface area contributed by atoms with Gasteiger partial charge in [-0.05, 0) is 56.1 Å². The first kappa shape index (κ1) is 23.7. The van der Waals surface area contributed by atoms with Gasteiger partial charge in [0.1, 0.15) is 11.3 Å². The first-order valence-electron chi connectivity index (χ1n) is 9.85. The first-order chi connectivity index (χ1) is 14.0. The van der Waals surface area contributed by atoms with Crippen LogP contribution in [0.25, 0.3) is 0 Å². The summed E-state index contributed by atoms with van der Waals surface area (Å²) >= 11 is 0. The molecule has 1 saturated heterocycles. The number of hydrogen-bond donors (Lipinski definition) is 1. The van der Waals surface area contributed by atoms with Crippen LogP contribution >= 0.6 is 12.4 Å². The maximum Gasteiger partial charge on any atom is 0.341 e. The van der Waals surface area contributed by atoms with Crippen molar-refractivity contribution in [2.24, 2.45) is 0 Å². The van der Waals surface area contributed by atoms with E-state index in [1.165, 1.54) is 13.2 Å². The van der Waals surface area contributed by atoms with Gasteiger partial charge in [0, 0.05) is 6.54 Å². The topological polar surface area (TPSA) is 76.1 Å². The van der Waals surface area contributed by atoms with E-state index < -0.39 is 11.4 Å². The molecule has 30 heavy (non-hydrogen) atoms. The number of carbonyl (C=O) groups excluding carboxylic acids is 2. The Bertz CT molecular complexity index is 863. The van der Waals surface area contributed by atoms with Gasteiger partial charge in [0.05, 0.1) is 19.1 Å². The number of phenols is 1. The minimum atomic E-state index is -0.625. The third kappa shape index (κ3) is 4.94. The van der Waals surface area contributed by atoms with Crippen LogP contribution in [0.4, 0.5) is 0 Å². The van der Waals surface area contributed by atoms with Gasteiger partial charge < -0.3 is 14.6 Å². The summed E-state index contributed by atoms with van der Waals surface area (Å²) in [6.07, 6.45) is 1.33. The lowest BCUT2D eigenvalue weighted by atomic mass is 9.72. The molecule has 1 fully saturated rings. The summed E-state index contributed by atoms with van der Waals surface area (Å²) in [6.45, 7) is 4.26. The zero-order valence-corrected chi connectivity index (χ0v) is 18.1. The van der Waals surface area contributed by atoms with Crippen LogP contribution in [0.1, 0.15) is 41.3 Å². The molecule has 0 unspecified atom stereocenters. The summed E-state index contributed by atoms with van der Waals surface area (Å²) in [5.41, 5.74) is 1.44. The van der Waals surface area contributed by atoms with Crippen molar-refractivity contribution < 1.29 is 24.2 Å². The zero-order valence-electron chi connectivity index (χ0n) is 17.3. The van der Waals surface area contributed by atoms with E-state index in [0.717, 1.165) is 24.2 Å². The van der Waals surface area contributed by atoms with E-state index in [2.05, 4.69) is 4.90 Å². The molecule has 162 valence electrons. The molecule has 0 atom stereocenters. The van der Waals surface area contributed by atoms with Gasteiger partial charge in [-0.2, -0.15) is 0 Å². The van der Waals surface area contributed by atoms with Crippen molar-refractivity contribution in [3.63, 3.8) is 0 Å². The van der Waals surface area contributed by atoms with Gasteiger partial charge in [-0.1, -0.05) is 36.4 Å². The number of hydrogen-bond acceptors (Lipinski definition) is 6. The summed E-state index contributed by atoms with van der Waals surface area (Å²) < 4.78 is 10.1. The molecule has 1 aliphatic rings. The standard InChI is InChI=1S/C23H27NO5.ClH/c1-3-29-22(27)23(18-7-5-4-6-8-18)11-13-24(14-12-23)16-17-9-10-20(25)19(15-17)21(26)28-2;/h4-10,15,25H,3,11-14,16H2,1-2H3;1H. The monoisotopic (exact) mass is 433 g/mol. The fourth-order valence-corrected chi connectivity index (χ4v) is 3.94. The lowest BCUT2D eigenvalue weighted by Crippen LogP contribution is -2.47. The van der Waals surface area contributed by atoms with Crippen LogP contribution in [0.5, 0.6) is 5.75 Å². The lowest BCUT2D eigenvalue weighted by molar-refractivity contribution is -0.152. The predicted octanol–water partition coefficient (Wildman–Crippen LogP) is 3.70. The second kappa shape index (κ2) is 10.5.